The van der Waals surface area contributed by atoms with Crippen molar-refractivity contribution in [1.82, 2.24) is 9.80 Å². The fourth-order valence-electron chi connectivity index (χ4n) is 3.12. The summed E-state index contributed by atoms with van der Waals surface area (Å²) in [5.74, 6) is 0.174. The molecule has 21 heavy (non-hydrogen) atoms. The molecule has 1 atom stereocenters. The first-order chi connectivity index (χ1) is 10.1. The highest BCUT2D eigenvalue weighted by Gasteiger charge is 2.50. The van der Waals surface area contributed by atoms with Crippen molar-refractivity contribution >= 4 is 23.3 Å². The first kappa shape index (κ1) is 14.4. The number of fused-ring (bicyclic) bond motifs is 1. The van der Waals surface area contributed by atoms with Gasteiger partial charge in [0.25, 0.3) is 0 Å². The Hall–Kier alpha value is -1.56. The van der Waals surface area contributed by atoms with Gasteiger partial charge < -0.3 is 9.64 Å². The summed E-state index contributed by atoms with van der Waals surface area (Å²) in [6.07, 6.45) is 1.90. The van der Waals surface area contributed by atoms with Crippen LogP contribution in [0.3, 0.4) is 0 Å². The van der Waals surface area contributed by atoms with Crippen LogP contribution >= 0.6 is 11.3 Å². The van der Waals surface area contributed by atoms with Gasteiger partial charge in [0.2, 0.25) is 5.91 Å². The van der Waals surface area contributed by atoms with Gasteiger partial charge in [-0.15, -0.1) is 0 Å². The Balaban J connectivity index is 1.62. The highest BCUT2D eigenvalue weighted by Crippen LogP contribution is 2.31. The number of carbonyl (C=O) groups is 2. The van der Waals surface area contributed by atoms with Gasteiger partial charge in [0.1, 0.15) is 6.61 Å². The summed E-state index contributed by atoms with van der Waals surface area (Å²) in [5.41, 5.74) is 0.907. The summed E-state index contributed by atoms with van der Waals surface area (Å²) in [7, 11) is 0. The molecule has 0 aliphatic carbocycles. The zero-order valence-corrected chi connectivity index (χ0v) is 13.0. The van der Waals surface area contributed by atoms with E-state index in [4.69, 9.17) is 4.74 Å². The summed E-state index contributed by atoms with van der Waals surface area (Å²) in [4.78, 5) is 27.8. The van der Waals surface area contributed by atoms with E-state index < -0.39 is 0 Å². The molecule has 2 fully saturated rings. The second kappa shape index (κ2) is 5.67. The fourth-order valence-corrected chi connectivity index (χ4v) is 3.83. The normalized spacial score (nSPS) is 24.9. The molecule has 0 saturated carbocycles. The lowest BCUT2D eigenvalue weighted by molar-refractivity contribution is -0.135. The van der Waals surface area contributed by atoms with E-state index in [1.54, 1.807) is 16.2 Å². The highest BCUT2D eigenvalue weighted by atomic mass is 32.1. The molecule has 0 bridgehead atoms. The maximum Gasteiger partial charge on any atom is 0.410 e. The average molecular weight is 308 g/mol. The van der Waals surface area contributed by atoms with Crippen LogP contribution in [0.4, 0.5) is 4.79 Å². The summed E-state index contributed by atoms with van der Waals surface area (Å²) < 4.78 is 5.19. The van der Waals surface area contributed by atoms with E-state index in [1.165, 1.54) is 5.56 Å². The zero-order valence-electron chi connectivity index (χ0n) is 12.2. The first-order valence-corrected chi connectivity index (χ1v) is 8.32. The van der Waals surface area contributed by atoms with Crippen molar-refractivity contribution in [1.29, 1.82) is 0 Å². The molecule has 0 spiro atoms. The second-order valence-corrected chi connectivity index (χ2v) is 6.51. The SMILES string of the molecule is CCC12COC(=O)N1CCN(C(=O)CCc1ccsc1)C2. The monoisotopic (exact) mass is 308 g/mol. The van der Waals surface area contributed by atoms with Gasteiger partial charge in [0.15, 0.2) is 0 Å². The maximum atomic E-state index is 12.4. The van der Waals surface area contributed by atoms with E-state index in [-0.39, 0.29) is 17.5 Å². The molecule has 3 heterocycles. The van der Waals surface area contributed by atoms with Gasteiger partial charge in [-0.3, -0.25) is 9.69 Å². The molecule has 0 N–H and O–H groups in total. The number of nitrogens with zero attached hydrogens (tertiary/aromatic N) is 2. The predicted molar refractivity (Wildman–Crippen MR) is 80.3 cm³/mol. The Labute approximate surface area is 128 Å². The average Bonchev–Trinajstić information content (AvgIpc) is 3.13. The Kier molecular flexibility index (Phi) is 3.89. The molecular formula is C15H20N2O3S. The summed E-state index contributed by atoms with van der Waals surface area (Å²) in [6, 6.07) is 2.06. The van der Waals surface area contributed by atoms with E-state index in [9.17, 15) is 9.59 Å². The van der Waals surface area contributed by atoms with Crippen molar-refractivity contribution in [3.63, 3.8) is 0 Å². The van der Waals surface area contributed by atoms with Crippen LogP contribution in [0.25, 0.3) is 0 Å². The minimum atomic E-state index is -0.312. The van der Waals surface area contributed by atoms with Crippen molar-refractivity contribution in [2.45, 2.75) is 31.7 Å². The van der Waals surface area contributed by atoms with Gasteiger partial charge in [-0.2, -0.15) is 11.3 Å². The van der Waals surface area contributed by atoms with Crippen molar-refractivity contribution in [3.8, 4) is 0 Å². The van der Waals surface area contributed by atoms with Gasteiger partial charge in [-0.05, 0) is 35.2 Å². The Morgan fingerprint density at radius 3 is 3.05 bits per heavy atom. The third kappa shape index (κ3) is 2.64. The van der Waals surface area contributed by atoms with Gasteiger partial charge in [0, 0.05) is 26.1 Å². The zero-order chi connectivity index (χ0) is 14.9. The summed E-state index contributed by atoms with van der Waals surface area (Å²) in [5, 5.41) is 4.12. The standard InChI is InChI=1S/C15H20N2O3S/c1-2-15-10-16(6-7-17(15)14(19)20-11-15)13(18)4-3-12-5-8-21-9-12/h5,8-9H,2-4,6-7,10-11H2,1H3. The Morgan fingerprint density at radius 2 is 2.33 bits per heavy atom. The number of thiophene rings is 1. The van der Waals surface area contributed by atoms with E-state index in [1.807, 2.05) is 17.2 Å². The van der Waals surface area contributed by atoms with Crippen LogP contribution < -0.4 is 0 Å². The number of carbonyl (C=O) groups excluding carboxylic acids is 2. The number of piperazine rings is 1. The maximum absolute atomic E-state index is 12.4. The van der Waals surface area contributed by atoms with Crippen LogP contribution in [0.2, 0.25) is 0 Å². The summed E-state index contributed by atoms with van der Waals surface area (Å²) in [6.45, 7) is 4.23. The van der Waals surface area contributed by atoms with Gasteiger partial charge >= 0.3 is 6.09 Å². The minimum absolute atomic E-state index is 0.174. The van der Waals surface area contributed by atoms with Crippen LogP contribution in [0, 0.1) is 0 Å². The molecule has 114 valence electrons. The van der Waals surface area contributed by atoms with Crippen molar-refractivity contribution in [3.05, 3.63) is 22.4 Å². The fraction of sp³-hybridized carbons (Fsp3) is 0.600. The molecule has 1 aromatic heterocycles. The van der Waals surface area contributed by atoms with Crippen LogP contribution in [0.1, 0.15) is 25.3 Å². The van der Waals surface area contributed by atoms with Gasteiger partial charge in [-0.25, -0.2) is 4.79 Å². The lowest BCUT2D eigenvalue weighted by atomic mass is 9.92. The van der Waals surface area contributed by atoms with E-state index in [2.05, 4.69) is 11.4 Å². The van der Waals surface area contributed by atoms with Crippen molar-refractivity contribution < 1.29 is 14.3 Å². The lowest BCUT2D eigenvalue weighted by Crippen LogP contribution is -2.62. The molecule has 3 rings (SSSR count). The minimum Gasteiger partial charge on any atom is -0.447 e. The lowest BCUT2D eigenvalue weighted by Gasteiger charge is -2.44. The number of aryl methyl sites for hydroxylation is 1. The van der Waals surface area contributed by atoms with Crippen molar-refractivity contribution in [2.75, 3.05) is 26.2 Å². The smallest absolute Gasteiger partial charge is 0.410 e. The topological polar surface area (TPSA) is 49.9 Å². The third-order valence-corrected chi connectivity index (χ3v) is 5.29. The first-order valence-electron chi connectivity index (χ1n) is 7.38. The van der Waals surface area contributed by atoms with Crippen LogP contribution in [-0.4, -0.2) is 53.6 Å². The van der Waals surface area contributed by atoms with E-state index in [0.717, 1.165) is 12.8 Å². The number of amides is 2. The quantitative estimate of drug-likeness (QED) is 0.856. The molecule has 0 aromatic carbocycles. The van der Waals surface area contributed by atoms with Gasteiger partial charge in [-0.1, -0.05) is 6.92 Å². The number of rotatable bonds is 4. The molecule has 2 aliphatic heterocycles. The number of hydrogen-bond donors (Lipinski definition) is 0. The number of cyclic esters (lactones) is 1. The van der Waals surface area contributed by atoms with E-state index >= 15 is 0 Å². The largest absolute Gasteiger partial charge is 0.447 e. The van der Waals surface area contributed by atoms with Crippen LogP contribution in [0.15, 0.2) is 16.8 Å². The van der Waals surface area contributed by atoms with Crippen LogP contribution in [-0.2, 0) is 16.0 Å². The van der Waals surface area contributed by atoms with Crippen LogP contribution in [0.5, 0.6) is 0 Å². The molecular weight excluding hydrogens is 288 g/mol. The second-order valence-electron chi connectivity index (χ2n) is 5.73. The number of ether oxygens (including phenoxy) is 1. The number of hydrogen-bond acceptors (Lipinski definition) is 4. The molecule has 0 radical (unpaired) electrons. The van der Waals surface area contributed by atoms with E-state index in [0.29, 0.717) is 32.7 Å². The molecule has 1 unspecified atom stereocenters. The van der Waals surface area contributed by atoms with Crippen molar-refractivity contribution in [2.24, 2.45) is 0 Å². The highest BCUT2D eigenvalue weighted by molar-refractivity contribution is 7.07. The molecule has 5 nitrogen and oxygen atoms in total. The molecule has 1 aromatic rings. The molecule has 6 heteroatoms. The molecule has 2 amide bonds. The Morgan fingerprint density at radius 1 is 1.48 bits per heavy atom. The molecule has 2 aliphatic rings. The third-order valence-electron chi connectivity index (χ3n) is 4.55. The predicted octanol–water partition coefficient (Wildman–Crippen LogP) is 2.12. The summed E-state index contributed by atoms with van der Waals surface area (Å²) >= 11 is 1.66. The van der Waals surface area contributed by atoms with Gasteiger partial charge in [0.05, 0.1) is 5.54 Å². The molecule has 2 saturated heterocycles. The Bertz CT molecular complexity index is 531.